The van der Waals surface area contributed by atoms with E-state index in [1.165, 1.54) is 6.07 Å². The number of halogens is 1. The van der Waals surface area contributed by atoms with Crippen LogP contribution in [0.3, 0.4) is 0 Å². The van der Waals surface area contributed by atoms with E-state index in [4.69, 9.17) is 0 Å². The molecule has 0 aliphatic carbocycles. The molecule has 1 aromatic heterocycles. The van der Waals surface area contributed by atoms with Crippen LogP contribution in [0.4, 0.5) is 4.39 Å². The van der Waals surface area contributed by atoms with Gasteiger partial charge in [0.25, 0.3) is 0 Å². The van der Waals surface area contributed by atoms with Gasteiger partial charge in [0.1, 0.15) is 5.82 Å². The van der Waals surface area contributed by atoms with Gasteiger partial charge in [-0.15, -0.1) is 0 Å². The van der Waals surface area contributed by atoms with Crippen molar-refractivity contribution in [2.75, 3.05) is 6.54 Å². The van der Waals surface area contributed by atoms with E-state index in [-0.39, 0.29) is 11.9 Å². The third-order valence-electron chi connectivity index (χ3n) is 3.09. The summed E-state index contributed by atoms with van der Waals surface area (Å²) < 4.78 is 15.3. The highest BCUT2D eigenvalue weighted by Gasteiger charge is 2.15. The zero-order chi connectivity index (χ0) is 13.7. The zero-order valence-corrected chi connectivity index (χ0v) is 11.4. The van der Waals surface area contributed by atoms with E-state index in [0.29, 0.717) is 0 Å². The Morgan fingerprint density at radius 3 is 2.79 bits per heavy atom. The summed E-state index contributed by atoms with van der Waals surface area (Å²) in [4.78, 5) is 0. The zero-order valence-electron chi connectivity index (χ0n) is 11.4. The number of aromatic nitrogens is 2. The molecule has 3 nitrogen and oxygen atoms in total. The molecule has 0 amide bonds. The summed E-state index contributed by atoms with van der Waals surface area (Å²) in [5.41, 5.74) is 2.00. The molecule has 19 heavy (non-hydrogen) atoms. The first-order valence-corrected chi connectivity index (χ1v) is 6.75. The summed E-state index contributed by atoms with van der Waals surface area (Å²) >= 11 is 0. The normalized spacial score (nSPS) is 12.6. The van der Waals surface area contributed by atoms with Gasteiger partial charge in [0.2, 0.25) is 0 Å². The Kier molecular flexibility index (Phi) is 4.68. The van der Waals surface area contributed by atoms with Gasteiger partial charge in [-0.3, -0.25) is 4.68 Å². The Morgan fingerprint density at radius 2 is 2.16 bits per heavy atom. The van der Waals surface area contributed by atoms with Crippen LogP contribution in [-0.4, -0.2) is 16.3 Å². The quantitative estimate of drug-likeness (QED) is 0.865. The number of hydrogen-bond donors (Lipinski definition) is 1. The molecule has 0 saturated carbocycles. The summed E-state index contributed by atoms with van der Waals surface area (Å²) in [6.07, 6.45) is 4.90. The molecule has 102 valence electrons. The van der Waals surface area contributed by atoms with Crippen molar-refractivity contribution in [3.8, 4) is 0 Å². The van der Waals surface area contributed by atoms with Gasteiger partial charge in [0.15, 0.2) is 0 Å². The third-order valence-corrected chi connectivity index (χ3v) is 3.09. The molecule has 0 aliphatic heterocycles. The molecule has 0 fully saturated rings. The number of benzene rings is 1. The minimum absolute atomic E-state index is 0.00375. The molecule has 0 spiro atoms. The van der Waals surface area contributed by atoms with Crippen LogP contribution in [0.2, 0.25) is 0 Å². The average Bonchev–Trinajstić information content (AvgIpc) is 2.88. The minimum Gasteiger partial charge on any atom is -0.306 e. The average molecular weight is 261 g/mol. The van der Waals surface area contributed by atoms with Crippen molar-refractivity contribution in [1.82, 2.24) is 15.1 Å². The second-order valence-corrected chi connectivity index (χ2v) is 4.57. The molecule has 0 bridgehead atoms. The number of hydrogen-bond acceptors (Lipinski definition) is 2. The van der Waals surface area contributed by atoms with Crippen molar-refractivity contribution in [2.45, 2.75) is 32.9 Å². The summed E-state index contributed by atoms with van der Waals surface area (Å²) in [6, 6.07) is 6.73. The topological polar surface area (TPSA) is 29.9 Å². The lowest BCUT2D eigenvalue weighted by Crippen LogP contribution is -2.23. The van der Waals surface area contributed by atoms with Gasteiger partial charge < -0.3 is 5.32 Å². The molecule has 0 saturated heterocycles. The maximum absolute atomic E-state index is 13.4. The Balaban J connectivity index is 2.29. The lowest BCUT2D eigenvalue weighted by atomic mass is 10.0. The monoisotopic (exact) mass is 261 g/mol. The van der Waals surface area contributed by atoms with Crippen LogP contribution in [-0.2, 0) is 6.54 Å². The molecular formula is C15H20FN3. The standard InChI is InChI=1S/C15H20FN3/c1-3-8-17-15(12-6-5-7-14(16)9-12)13-10-18-19(4-2)11-13/h5-7,9-11,15,17H,3-4,8H2,1-2H3. The molecule has 2 rings (SSSR count). The van der Waals surface area contributed by atoms with Crippen molar-refractivity contribution < 1.29 is 4.39 Å². The van der Waals surface area contributed by atoms with Crippen LogP contribution >= 0.6 is 0 Å². The molecule has 2 aromatic rings. The SMILES string of the molecule is CCCNC(c1cccc(F)c1)c1cnn(CC)c1. The first kappa shape index (κ1) is 13.7. The largest absolute Gasteiger partial charge is 0.306 e. The van der Waals surface area contributed by atoms with Crippen molar-refractivity contribution in [2.24, 2.45) is 0 Å². The minimum atomic E-state index is -0.205. The van der Waals surface area contributed by atoms with Crippen LogP contribution in [0.25, 0.3) is 0 Å². The third kappa shape index (κ3) is 3.41. The van der Waals surface area contributed by atoms with Crippen LogP contribution in [0, 0.1) is 5.82 Å². The molecule has 0 aliphatic rings. The molecule has 1 unspecified atom stereocenters. The Bertz CT molecular complexity index is 522. The predicted molar refractivity (Wildman–Crippen MR) is 74.4 cm³/mol. The van der Waals surface area contributed by atoms with Crippen molar-refractivity contribution in [3.05, 3.63) is 53.6 Å². The Morgan fingerprint density at radius 1 is 1.32 bits per heavy atom. The molecule has 1 N–H and O–H groups in total. The summed E-state index contributed by atoms with van der Waals surface area (Å²) in [7, 11) is 0. The molecule has 0 radical (unpaired) electrons. The highest BCUT2D eigenvalue weighted by molar-refractivity contribution is 5.29. The number of nitrogens with zero attached hydrogens (tertiary/aromatic N) is 2. The first-order chi connectivity index (χ1) is 9.24. The summed E-state index contributed by atoms with van der Waals surface area (Å²) in [5, 5.41) is 7.74. The Labute approximate surface area is 113 Å². The maximum Gasteiger partial charge on any atom is 0.123 e. The van der Waals surface area contributed by atoms with Crippen molar-refractivity contribution >= 4 is 0 Å². The lowest BCUT2D eigenvalue weighted by Gasteiger charge is -2.17. The molecule has 1 atom stereocenters. The highest BCUT2D eigenvalue weighted by atomic mass is 19.1. The smallest absolute Gasteiger partial charge is 0.123 e. The number of rotatable bonds is 6. The van der Waals surface area contributed by atoms with Crippen LogP contribution in [0.15, 0.2) is 36.7 Å². The van der Waals surface area contributed by atoms with E-state index in [1.807, 2.05) is 30.1 Å². The fourth-order valence-electron chi connectivity index (χ4n) is 2.10. The summed E-state index contributed by atoms with van der Waals surface area (Å²) in [5.74, 6) is -0.205. The first-order valence-electron chi connectivity index (χ1n) is 6.75. The van der Waals surface area contributed by atoms with E-state index in [0.717, 1.165) is 30.6 Å². The van der Waals surface area contributed by atoms with Gasteiger partial charge in [-0.2, -0.15) is 5.10 Å². The maximum atomic E-state index is 13.4. The van der Waals surface area contributed by atoms with E-state index in [2.05, 4.69) is 17.3 Å². The number of nitrogens with one attached hydrogen (secondary N) is 1. The van der Waals surface area contributed by atoms with Crippen molar-refractivity contribution in [3.63, 3.8) is 0 Å². The van der Waals surface area contributed by atoms with Crippen LogP contribution in [0.1, 0.15) is 37.4 Å². The van der Waals surface area contributed by atoms with Gasteiger partial charge in [-0.25, -0.2) is 4.39 Å². The van der Waals surface area contributed by atoms with Crippen LogP contribution in [0.5, 0.6) is 0 Å². The van der Waals surface area contributed by atoms with Gasteiger partial charge in [-0.05, 0) is 37.6 Å². The molecular weight excluding hydrogens is 241 g/mol. The Hall–Kier alpha value is -1.68. The van der Waals surface area contributed by atoms with Crippen LogP contribution < -0.4 is 5.32 Å². The van der Waals surface area contributed by atoms with Crippen molar-refractivity contribution in [1.29, 1.82) is 0 Å². The second-order valence-electron chi connectivity index (χ2n) is 4.57. The second kappa shape index (κ2) is 6.48. The highest BCUT2D eigenvalue weighted by Crippen LogP contribution is 2.22. The van der Waals surface area contributed by atoms with Gasteiger partial charge >= 0.3 is 0 Å². The summed E-state index contributed by atoms with van der Waals surface area (Å²) in [6.45, 7) is 5.89. The van der Waals surface area contributed by atoms with Gasteiger partial charge in [0.05, 0.1) is 12.2 Å². The molecule has 1 aromatic carbocycles. The number of aryl methyl sites for hydroxylation is 1. The fraction of sp³-hybridized carbons (Fsp3) is 0.400. The van der Waals surface area contributed by atoms with E-state index in [9.17, 15) is 4.39 Å². The van der Waals surface area contributed by atoms with Gasteiger partial charge in [-0.1, -0.05) is 19.1 Å². The van der Waals surface area contributed by atoms with E-state index < -0.39 is 0 Å². The molecule has 4 heteroatoms. The van der Waals surface area contributed by atoms with E-state index in [1.54, 1.807) is 12.1 Å². The lowest BCUT2D eigenvalue weighted by molar-refractivity contribution is 0.584. The fourth-order valence-corrected chi connectivity index (χ4v) is 2.10. The molecule has 1 heterocycles. The predicted octanol–water partition coefficient (Wildman–Crippen LogP) is 3.13. The van der Waals surface area contributed by atoms with Gasteiger partial charge in [0, 0.05) is 18.3 Å². The van der Waals surface area contributed by atoms with E-state index >= 15 is 0 Å².